The zero-order valence-electron chi connectivity index (χ0n) is 16.0. The molecule has 2 fully saturated rings. The summed E-state index contributed by atoms with van der Waals surface area (Å²) >= 11 is 6.19. The minimum atomic E-state index is -1.39. The maximum atomic E-state index is 13.3. The fourth-order valence-electron chi connectivity index (χ4n) is 4.92. The van der Waals surface area contributed by atoms with Gasteiger partial charge < -0.3 is 11.1 Å². The molecule has 4 rings (SSSR count). The van der Waals surface area contributed by atoms with Crippen LogP contribution in [0.2, 0.25) is 5.02 Å². The molecular formula is C20H23ClN4O4. The van der Waals surface area contributed by atoms with Crippen molar-refractivity contribution in [1.82, 2.24) is 10.2 Å². The van der Waals surface area contributed by atoms with E-state index in [1.165, 1.54) is 4.90 Å². The number of likely N-dealkylation sites (tertiary alicyclic amines) is 1. The zero-order valence-corrected chi connectivity index (χ0v) is 16.8. The van der Waals surface area contributed by atoms with Crippen molar-refractivity contribution in [3.05, 3.63) is 28.8 Å². The van der Waals surface area contributed by atoms with Crippen LogP contribution in [0.4, 0.5) is 5.69 Å². The predicted octanol–water partition coefficient (Wildman–Crippen LogP) is 1.13. The summed E-state index contributed by atoms with van der Waals surface area (Å²) in [6.07, 6.45) is 1.84. The van der Waals surface area contributed by atoms with Crippen molar-refractivity contribution < 1.29 is 19.2 Å². The number of primary amides is 1. The van der Waals surface area contributed by atoms with Crippen LogP contribution in [0.5, 0.6) is 0 Å². The summed E-state index contributed by atoms with van der Waals surface area (Å²) in [5.74, 6) is -3.15. The van der Waals surface area contributed by atoms with Crippen LogP contribution in [0.15, 0.2) is 18.2 Å². The molecule has 154 valence electrons. The van der Waals surface area contributed by atoms with E-state index >= 15 is 0 Å². The van der Waals surface area contributed by atoms with Gasteiger partial charge in [0.15, 0.2) is 0 Å². The van der Waals surface area contributed by atoms with Gasteiger partial charge in [0.2, 0.25) is 23.6 Å². The van der Waals surface area contributed by atoms with Gasteiger partial charge in [0.1, 0.15) is 5.54 Å². The van der Waals surface area contributed by atoms with E-state index in [1.54, 1.807) is 18.2 Å². The van der Waals surface area contributed by atoms with Crippen LogP contribution < -0.4 is 16.4 Å². The Morgan fingerprint density at radius 1 is 1.28 bits per heavy atom. The molecule has 4 amide bonds. The molecule has 29 heavy (non-hydrogen) atoms. The Kier molecular flexibility index (Phi) is 4.86. The Labute approximate surface area is 173 Å². The number of fused-ring (bicyclic) bond motifs is 4. The first-order valence-electron chi connectivity index (χ1n) is 9.84. The molecule has 1 aromatic rings. The normalized spacial score (nSPS) is 30.1. The molecule has 1 spiro atoms. The number of hydrogen-bond donors (Lipinski definition) is 3. The van der Waals surface area contributed by atoms with E-state index in [0.717, 1.165) is 6.42 Å². The molecular weight excluding hydrogens is 396 g/mol. The first kappa shape index (κ1) is 19.8. The summed E-state index contributed by atoms with van der Waals surface area (Å²) in [5, 5.41) is 6.49. The fourth-order valence-corrected chi connectivity index (χ4v) is 5.09. The SMILES string of the molecule is CCCCN1C(=O)C2C(CCC(N)=O)NC3(C(=O)Nc4ccc(Cl)cc43)C2C1=O. The summed E-state index contributed by atoms with van der Waals surface area (Å²) in [4.78, 5) is 52.3. The maximum absolute atomic E-state index is 13.3. The van der Waals surface area contributed by atoms with Crippen LogP contribution in [0.25, 0.3) is 0 Å². The van der Waals surface area contributed by atoms with Crippen LogP contribution in [-0.4, -0.2) is 41.1 Å². The summed E-state index contributed by atoms with van der Waals surface area (Å²) < 4.78 is 0. The summed E-state index contributed by atoms with van der Waals surface area (Å²) in [5.41, 5.74) is 5.04. The largest absolute Gasteiger partial charge is 0.370 e. The van der Waals surface area contributed by atoms with Crippen LogP contribution in [-0.2, 0) is 24.7 Å². The standard InChI is InChI=1S/C20H23ClN4O4/c1-2-3-8-25-17(27)15-13(6-7-14(22)26)24-20(16(15)18(25)28)11-9-10(21)4-5-12(11)23-19(20)29/h4-5,9,13,15-16,24H,2-3,6-8H2,1H3,(H2,22,26)(H,23,29). The Hall–Kier alpha value is -2.45. The van der Waals surface area contributed by atoms with E-state index in [2.05, 4.69) is 10.6 Å². The van der Waals surface area contributed by atoms with E-state index in [9.17, 15) is 19.2 Å². The molecule has 0 bridgehead atoms. The van der Waals surface area contributed by atoms with Crippen molar-refractivity contribution in [1.29, 1.82) is 0 Å². The van der Waals surface area contributed by atoms with Gasteiger partial charge in [0.05, 0.1) is 11.8 Å². The minimum absolute atomic E-state index is 0.0530. The smallest absolute Gasteiger partial charge is 0.250 e. The molecule has 3 aliphatic rings. The van der Waals surface area contributed by atoms with Gasteiger partial charge in [-0.25, -0.2) is 0 Å². The third-order valence-electron chi connectivity index (χ3n) is 6.21. The lowest BCUT2D eigenvalue weighted by molar-refractivity contribution is -0.143. The Morgan fingerprint density at radius 3 is 2.72 bits per heavy atom. The Bertz CT molecular complexity index is 920. The van der Waals surface area contributed by atoms with Crippen molar-refractivity contribution >= 4 is 40.9 Å². The molecule has 0 aliphatic carbocycles. The first-order chi connectivity index (χ1) is 13.8. The number of carbonyl (C=O) groups is 4. The summed E-state index contributed by atoms with van der Waals surface area (Å²) in [6.45, 7) is 2.30. The van der Waals surface area contributed by atoms with E-state index in [-0.39, 0.29) is 30.6 Å². The van der Waals surface area contributed by atoms with Crippen LogP contribution >= 0.6 is 11.6 Å². The monoisotopic (exact) mass is 418 g/mol. The average molecular weight is 419 g/mol. The van der Waals surface area contributed by atoms with Crippen LogP contribution in [0, 0.1) is 11.8 Å². The first-order valence-corrected chi connectivity index (χ1v) is 10.2. The lowest BCUT2D eigenvalue weighted by Crippen LogP contribution is -2.53. The molecule has 0 saturated carbocycles. The van der Waals surface area contributed by atoms with Crippen molar-refractivity contribution in [2.24, 2.45) is 17.6 Å². The van der Waals surface area contributed by atoms with E-state index in [1.807, 2.05) is 6.92 Å². The number of nitrogens with two attached hydrogens (primary N) is 1. The van der Waals surface area contributed by atoms with Gasteiger partial charge in [-0.2, -0.15) is 0 Å². The van der Waals surface area contributed by atoms with Gasteiger partial charge in [-0.05, 0) is 31.0 Å². The Balaban J connectivity index is 1.81. The highest BCUT2D eigenvalue weighted by atomic mass is 35.5. The van der Waals surface area contributed by atoms with Crippen LogP contribution in [0.1, 0.15) is 38.2 Å². The molecule has 3 heterocycles. The van der Waals surface area contributed by atoms with Gasteiger partial charge in [-0.1, -0.05) is 24.9 Å². The topological polar surface area (TPSA) is 122 Å². The number of carbonyl (C=O) groups excluding carboxylic acids is 4. The number of nitrogens with zero attached hydrogens (tertiary/aromatic N) is 1. The highest BCUT2D eigenvalue weighted by Gasteiger charge is 2.70. The molecule has 4 N–H and O–H groups in total. The van der Waals surface area contributed by atoms with Crippen LogP contribution in [0.3, 0.4) is 0 Å². The second-order valence-corrected chi connectivity index (χ2v) is 8.33. The van der Waals surface area contributed by atoms with E-state index < -0.39 is 29.3 Å². The number of imide groups is 1. The summed E-state index contributed by atoms with van der Waals surface area (Å²) in [6, 6.07) is 4.48. The maximum Gasteiger partial charge on any atom is 0.250 e. The zero-order chi connectivity index (χ0) is 20.9. The van der Waals surface area contributed by atoms with Crippen molar-refractivity contribution in [2.45, 2.75) is 44.2 Å². The number of amides is 4. The number of unbranched alkanes of at least 4 members (excludes halogenated alkanes) is 1. The molecule has 3 aliphatic heterocycles. The molecule has 0 radical (unpaired) electrons. The van der Waals surface area contributed by atoms with Crippen molar-refractivity contribution in [2.75, 3.05) is 11.9 Å². The average Bonchev–Trinajstić information content (AvgIpc) is 3.24. The molecule has 8 nitrogen and oxygen atoms in total. The highest BCUT2D eigenvalue weighted by molar-refractivity contribution is 6.31. The lowest BCUT2D eigenvalue weighted by Gasteiger charge is -2.29. The van der Waals surface area contributed by atoms with Crippen molar-refractivity contribution in [3.8, 4) is 0 Å². The number of hydrogen-bond acceptors (Lipinski definition) is 5. The van der Waals surface area contributed by atoms with Crippen molar-refractivity contribution in [3.63, 3.8) is 0 Å². The third kappa shape index (κ3) is 2.85. The van der Waals surface area contributed by atoms with Gasteiger partial charge in [0.25, 0.3) is 0 Å². The molecule has 0 aromatic heterocycles. The fraction of sp³-hybridized carbons (Fsp3) is 0.500. The number of halogens is 1. The Morgan fingerprint density at radius 2 is 2.03 bits per heavy atom. The van der Waals surface area contributed by atoms with Gasteiger partial charge in [-0.15, -0.1) is 0 Å². The summed E-state index contributed by atoms with van der Waals surface area (Å²) in [7, 11) is 0. The minimum Gasteiger partial charge on any atom is -0.370 e. The lowest BCUT2D eigenvalue weighted by atomic mass is 9.76. The third-order valence-corrected chi connectivity index (χ3v) is 6.44. The number of rotatable bonds is 6. The van der Waals surface area contributed by atoms with Gasteiger partial charge in [0, 0.05) is 35.3 Å². The molecule has 2 saturated heterocycles. The number of anilines is 1. The second kappa shape index (κ2) is 7.11. The predicted molar refractivity (Wildman–Crippen MR) is 106 cm³/mol. The van der Waals surface area contributed by atoms with Gasteiger partial charge in [-0.3, -0.25) is 29.4 Å². The molecule has 4 atom stereocenters. The molecule has 1 aromatic carbocycles. The molecule has 9 heteroatoms. The highest BCUT2D eigenvalue weighted by Crippen LogP contribution is 2.53. The second-order valence-electron chi connectivity index (χ2n) is 7.89. The van der Waals surface area contributed by atoms with E-state index in [4.69, 9.17) is 17.3 Å². The quantitative estimate of drug-likeness (QED) is 0.598. The molecule has 4 unspecified atom stereocenters. The van der Waals surface area contributed by atoms with Gasteiger partial charge >= 0.3 is 0 Å². The number of nitrogens with one attached hydrogen (secondary N) is 2. The van der Waals surface area contributed by atoms with E-state index in [0.29, 0.717) is 29.2 Å². The number of benzene rings is 1.